The molecule has 1 saturated heterocycles. The van der Waals surface area contributed by atoms with Gasteiger partial charge in [-0.2, -0.15) is 4.31 Å². The second-order valence-electron chi connectivity index (χ2n) is 8.27. The van der Waals surface area contributed by atoms with Gasteiger partial charge in [0.1, 0.15) is 10.6 Å². The van der Waals surface area contributed by atoms with Crippen LogP contribution in [0.5, 0.6) is 0 Å². The summed E-state index contributed by atoms with van der Waals surface area (Å²) in [6.45, 7) is 6.83. The number of sulfonamides is 1. The standard InChI is InChI=1S/C22H32N4O4S/c1-6-25(14-18-9-11-20(12-10-18)24(4)5)22(27)19-8-7-13-26(15-19)31(28,29)21-16(2)23-30-17(21)3/h9-12,19H,6-8,13-15H2,1-5H3. The number of hydrogen-bond donors (Lipinski definition) is 0. The maximum absolute atomic E-state index is 13.3. The fourth-order valence-electron chi connectivity index (χ4n) is 4.06. The van der Waals surface area contributed by atoms with Crippen molar-refractivity contribution in [3.63, 3.8) is 0 Å². The highest BCUT2D eigenvalue weighted by Gasteiger charge is 2.37. The lowest BCUT2D eigenvalue weighted by Gasteiger charge is -2.34. The number of rotatable bonds is 7. The molecule has 170 valence electrons. The van der Waals surface area contributed by atoms with E-state index in [9.17, 15) is 13.2 Å². The first-order valence-electron chi connectivity index (χ1n) is 10.6. The third kappa shape index (κ3) is 4.93. The first-order valence-corrected chi connectivity index (χ1v) is 12.1. The van der Waals surface area contributed by atoms with Crippen molar-refractivity contribution in [1.82, 2.24) is 14.4 Å². The molecular weight excluding hydrogens is 416 g/mol. The Balaban J connectivity index is 1.73. The van der Waals surface area contributed by atoms with Gasteiger partial charge in [0.15, 0.2) is 5.76 Å². The van der Waals surface area contributed by atoms with Crippen molar-refractivity contribution in [2.24, 2.45) is 5.92 Å². The number of aromatic nitrogens is 1. The highest BCUT2D eigenvalue weighted by atomic mass is 32.2. The van der Waals surface area contributed by atoms with Crippen LogP contribution in [0.2, 0.25) is 0 Å². The summed E-state index contributed by atoms with van der Waals surface area (Å²) in [7, 11) is 0.228. The largest absolute Gasteiger partial charge is 0.378 e. The van der Waals surface area contributed by atoms with Crippen molar-refractivity contribution >= 4 is 21.6 Å². The lowest BCUT2D eigenvalue weighted by Crippen LogP contribution is -2.46. The van der Waals surface area contributed by atoms with E-state index in [2.05, 4.69) is 5.16 Å². The van der Waals surface area contributed by atoms with E-state index in [1.807, 2.05) is 50.2 Å². The van der Waals surface area contributed by atoms with Crippen molar-refractivity contribution in [2.75, 3.05) is 38.6 Å². The zero-order valence-corrected chi connectivity index (χ0v) is 19.8. The number of amides is 1. The molecule has 1 atom stereocenters. The van der Waals surface area contributed by atoms with E-state index in [0.717, 1.165) is 11.3 Å². The smallest absolute Gasteiger partial charge is 0.248 e. The summed E-state index contributed by atoms with van der Waals surface area (Å²) < 4.78 is 32.8. The van der Waals surface area contributed by atoms with Gasteiger partial charge in [-0.1, -0.05) is 17.3 Å². The molecule has 1 fully saturated rings. The number of carbonyl (C=O) groups excluding carboxylic acids is 1. The van der Waals surface area contributed by atoms with Gasteiger partial charge in [0.2, 0.25) is 15.9 Å². The van der Waals surface area contributed by atoms with Gasteiger partial charge in [-0.25, -0.2) is 8.42 Å². The predicted molar refractivity (Wildman–Crippen MR) is 119 cm³/mol. The van der Waals surface area contributed by atoms with Crippen LogP contribution in [0.4, 0.5) is 5.69 Å². The average Bonchev–Trinajstić information content (AvgIpc) is 3.10. The average molecular weight is 449 g/mol. The Labute approximate surface area is 184 Å². The molecular formula is C22H32N4O4S. The van der Waals surface area contributed by atoms with Crippen molar-refractivity contribution in [2.45, 2.75) is 45.1 Å². The Morgan fingerprint density at radius 2 is 1.90 bits per heavy atom. The minimum atomic E-state index is -3.75. The predicted octanol–water partition coefficient (Wildman–Crippen LogP) is 2.81. The van der Waals surface area contributed by atoms with Gasteiger partial charge in [-0.15, -0.1) is 0 Å². The summed E-state index contributed by atoms with van der Waals surface area (Å²) in [5, 5.41) is 3.78. The van der Waals surface area contributed by atoms with Crippen LogP contribution in [0.15, 0.2) is 33.7 Å². The summed E-state index contributed by atoms with van der Waals surface area (Å²) in [6.07, 6.45) is 1.33. The molecule has 1 aromatic carbocycles. The summed E-state index contributed by atoms with van der Waals surface area (Å²) in [4.78, 5) is 17.2. The maximum atomic E-state index is 13.3. The van der Waals surface area contributed by atoms with Gasteiger partial charge in [0.25, 0.3) is 0 Å². The normalized spacial score (nSPS) is 17.5. The monoisotopic (exact) mass is 448 g/mol. The van der Waals surface area contributed by atoms with Crippen molar-refractivity contribution < 1.29 is 17.7 Å². The molecule has 2 heterocycles. The van der Waals surface area contributed by atoms with Crippen molar-refractivity contribution in [3.05, 3.63) is 41.3 Å². The lowest BCUT2D eigenvalue weighted by atomic mass is 9.97. The minimum Gasteiger partial charge on any atom is -0.378 e. The van der Waals surface area contributed by atoms with Crippen LogP contribution in [-0.4, -0.2) is 62.4 Å². The maximum Gasteiger partial charge on any atom is 0.248 e. The van der Waals surface area contributed by atoms with Crippen molar-refractivity contribution in [1.29, 1.82) is 0 Å². The van der Waals surface area contributed by atoms with Gasteiger partial charge in [0, 0.05) is 46.0 Å². The van der Waals surface area contributed by atoms with E-state index < -0.39 is 10.0 Å². The van der Waals surface area contributed by atoms with Crippen LogP contribution in [0, 0.1) is 19.8 Å². The van der Waals surface area contributed by atoms with E-state index in [-0.39, 0.29) is 29.0 Å². The number of nitrogens with zero attached hydrogens (tertiary/aromatic N) is 4. The van der Waals surface area contributed by atoms with Crippen molar-refractivity contribution in [3.8, 4) is 0 Å². The molecule has 0 N–H and O–H groups in total. The quantitative estimate of drug-likeness (QED) is 0.647. The molecule has 8 nitrogen and oxygen atoms in total. The van der Waals surface area contributed by atoms with E-state index >= 15 is 0 Å². The molecule has 2 aromatic rings. The zero-order valence-electron chi connectivity index (χ0n) is 19.0. The molecule has 0 saturated carbocycles. The molecule has 0 bridgehead atoms. The Kier molecular flexibility index (Phi) is 7.06. The molecule has 0 radical (unpaired) electrons. The molecule has 0 aliphatic carbocycles. The number of anilines is 1. The van der Waals surface area contributed by atoms with Gasteiger partial charge in [0.05, 0.1) is 5.92 Å². The van der Waals surface area contributed by atoms with Crippen LogP contribution < -0.4 is 4.90 Å². The van der Waals surface area contributed by atoms with Crippen LogP contribution >= 0.6 is 0 Å². The van der Waals surface area contributed by atoms with Crippen LogP contribution in [0.1, 0.15) is 36.8 Å². The Bertz CT molecular complexity index is 995. The second-order valence-corrected chi connectivity index (χ2v) is 10.1. The zero-order chi connectivity index (χ0) is 22.8. The van der Waals surface area contributed by atoms with E-state index in [0.29, 0.717) is 38.2 Å². The molecule has 9 heteroatoms. The Morgan fingerprint density at radius 3 is 2.45 bits per heavy atom. The summed E-state index contributed by atoms with van der Waals surface area (Å²) in [5.74, 6) is -0.0786. The van der Waals surface area contributed by atoms with Crippen LogP contribution in [0.25, 0.3) is 0 Å². The lowest BCUT2D eigenvalue weighted by molar-refractivity contribution is -0.137. The SMILES string of the molecule is CCN(Cc1ccc(N(C)C)cc1)C(=O)C1CCCN(S(=O)(=O)c2c(C)noc2C)C1. The fraction of sp³-hybridized carbons (Fsp3) is 0.545. The number of benzene rings is 1. The molecule has 3 rings (SSSR count). The second kappa shape index (κ2) is 9.40. The summed E-state index contributed by atoms with van der Waals surface area (Å²) >= 11 is 0. The number of piperidine rings is 1. The molecule has 1 amide bonds. The molecule has 1 unspecified atom stereocenters. The first kappa shape index (κ1) is 23.3. The Morgan fingerprint density at radius 1 is 1.23 bits per heavy atom. The molecule has 0 spiro atoms. The van der Waals surface area contributed by atoms with Gasteiger partial charge >= 0.3 is 0 Å². The van der Waals surface area contributed by atoms with Gasteiger partial charge in [-0.05, 0) is 51.3 Å². The Hall–Kier alpha value is -2.39. The number of aryl methyl sites for hydroxylation is 2. The molecule has 31 heavy (non-hydrogen) atoms. The number of hydrogen-bond acceptors (Lipinski definition) is 6. The van der Waals surface area contributed by atoms with E-state index in [1.54, 1.807) is 18.7 Å². The topological polar surface area (TPSA) is 87.0 Å². The fourth-order valence-corrected chi connectivity index (χ4v) is 5.87. The van der Waals surface area contributed by atoms with Gasteiger partial charge < -0.3 is 14.3 Å². The minimum absolute atomic E-state index is 0.00199. The van der Waals surface area contributed by atoms with E-state index in [4.69, 9.17) is 4.52 Å². The highest BCUT2D eigenvalue weighted by Crippen LogP contribution is 2.28. The highest BCUT2D eigenvalue weighted by molar-refractivity contribution is 7.89. The molecule has 1 aliphatic rings. The van der Waals surface area contributed by atoms with Gasteiger partial charge in [-0.3, -0.25) is 4.79 Å². The number of carbonyl (C=O) groups is 1. The van der Waals surface area contributed by atoms with E-state index in [1.165, 1.54) is 4.31 Å². The summed E-state index contributed by atoms with van der Waals surface area (Å²) in [6, 6.07) is 8.12. The third-order valence-corrected chi connectivity index (χ3v) is 7.93. The first-order chi connectivity index (χ1) is 14.6. The molecule has 1 aliphatic heterocycles. The summed E-state index contributed by atoms with van der Waals surface area (Å²) in [5.41, 5.74) is 2.50. The van der Waals surface area contributed by atoms with Crippen LogP contribution in [0.3, 0.4) is 0 Å². The van der Waals surface area contributed by atoms with Crippen LogP contribution in [-0.2, 0) is 21.4 Å². The molecule has 1 aromatic heterocycles. The third-order valence-electron chi connectivity index (χ3n) is 5.82.